The second-order valence-electron chi connectivity index (χ2n) is 7.72. The fraction of sp³-hybridized carbons (Fsp3) is 0.300. The summed E-state index contributed by atoms with van der Waals surface area (Å²) < 4.78 is 17.2. The van der Waals surface area contributed by atoms with E-state index in [1.54, 1.807) is 39.0 Å². The topological polar surface area (TPSA) is 130 Å². The van der Waals surface area contributed by atoms with Crippen LogP contribution < -0.4 is 10.1 Å². The van der Waals surface area contributed by atoms with E-state index in [4.69, 9.17) is 24.6 Å². The molecule has 3 rings (SSSR count). The Bertz CT molecular complexity index is 1180. The van der Waals surface area contributed by atoms with Gasteiger partial charge in [-0.2, -0.15) is 0 Å². The number of para-hydroxylation sites is 1. The van der Waals surface area contributed by atoms with Crippen LogP contribution in [0.15, 0.2) is 30.6 Å². The number of benzene rings is 1. The van der Waals surface area contributed by atoms with Crippen molar-refractivity contribution in [1.29, 1.82) is 0 Å². The van der Waals surface area contributed by atoms with E-state index < -0.39 is 17.5 Å². The average Bonchev–Trinajstić information content (AvgIpc) is 3.19. The van der Waals surface area contributed by atoms with Crippen molar-refractivity contribution in [3.63, 3.8) is 0 Å². The second-order valence-corrected chi connectivity index (χ2v) is 8.72. The number of ether oxygens (including phenoxy) is 2. The SMILES string of the molecule is COc1c(Nc2cc(Cl)nnc2C(=O)[O][Zn])cccc1-c1ncn(CC(=O)OC(C)(C)C)n1. The standard InChI is InChI=1S/C20H21ClN6O5.Zn/c1-20(2,3)32-15(28)9-27-10-22-18(26-27)11-6-5-7-12(17(11)31-4)23-13-8-14(21)24-25-16(13)19(29)30;/h5-8,10H,9H2,1-4H3,(H,23,24)(H,29,30);/q;+1/p-1. The molecular weight excluding hydrogens is 505 g/mol. The van der Waals surface area contributed by atoms with Gasteiger partial charge in [0.15, 0.2) is 0 Å². The summed E-state index contributed by atoms with van der Waals surface area (Å²) in [5.41, 5.74) is 0.748. The van der Waals surface area contributed by atoms with Crippen LogP contribution in [0.3, 0.4) is 0 Å². The molecule has 2 heterocycles. The van der Waals surface area contributed by atoms with Crippen LogP contribution in [0.5, 0.6) is 5.75 Å². The molecule has 0 amide bonds. The van der Waals surface area contributed by atoms with E-state index in [2.05, 4.69) is 25.6 Å². The van der Waals surface area contributed by atoms with Gasteiger partial charge in [0.25, 0.3) is 0 Å². The van der Waals surface area contributed by atoms with Crippen LogP contribution in [0.2, 0.25) is 5.15 Å². The quantitative estimate of drug-likeness (QED) is 0.363. The zero-order valence-electron chi connectivity index (χ0n) is 18.5. The first-order chi connectivity index (χ1) is 15.6. The Morgan fingerprint density at radius 3 is 2.64 bits per heavy atom. The average molecular weight is 525 g/mol. The van der Waals surface area contributed by atoms with E-state index in [1.807, 2.05) is 0 Å². The summed E-state index contributed by atoms with van der Waals surface area (Å²) >= 11 is 6.27. The summed E-state index contributed by atoms with van der Waals surface area (Å²) in [6.07, 6.45) is 1.43. The van der Waals surface area contributed by atoms with Crippen molar-refractivity contribution in [2.45, 2.75) is 32.9 Å². The molecule has 1 aromatic carbocycles. The molecule has 11 nitrogen and oxygen atoms in total. The van der Waals surface area contributed by atoms with Gasteiger partial charge in [0, 0.05) is 0 Å². The molecule has 0 aliphatic carbocycles. The van der Waals surface area contributed by atoms with Gasteiger partial charge in [-0.1, -0.05) is 0 Å². The minimum atomic E-state index is -0.626. The van der Waals surface area contributed by atoms with Gasteiger partial charge in [-0.3, -0.25) is 4.79 Å². The van der Waals surface area contributed by atoms with Crippen LogP contribution in [-0.2, 0) is 38.3 Å². The number of methoxy groups -OCH3 is 1. The second kappa shape index (κ2) is 10.2. The summed E-state index contributed by atoms with van der Waals surface area (Å²) in [4.78, 5) is 28.5. The molecule has 0 aliphatic heterocycles. The van der Waals surface area contributed by atoms with Crippen molar-refractivity contribution in [2.24, 2.45) is 0 Å². The van der Waals surface area contributed by atoms with E-state index in [9.17, 15) is 9.59 Å². The number of anilines is 2. The maximum absolute atomic E-state index is 12.1. The number of carbonyl (C=O) groups is 2. The van der Waals surface area contributed by atoms with E-state index in [0.29, 0.717) is 47.2 Å². The van der Waals surface area contributed by atoms with Gasteiger partial charge in [-0.05, 0) is 20.8 Å². The number of nitrogens with zero attached hydrogens (tertiary/aromatic N) is 5. The number of hydrogen-bond donors (Lipinski definition) is 1. The fourth-order valence-corrected chi connectivity index (χ4v) is 3.29. The third-order valence-corrected chi connectivity index (χ3v) is 4.80. The van der Waals surface area contributed by atoms with Gasteiger partial charge in [-0.25, -0.2) is 0 Å². The first-order valence-corrected chi connectivity index (χ1v) is 11.3. The Kier molecular flexibility index (Phi) is 7.60. The monoisotopic (exact) mass is 523 g/mol. The predicted molar refractivity (Wildman–Crippen MR) is 114 cm³/mol. The molecule has 13 heteroatoms. The molecular formula is C20H20ClN6O5Zn. The van der Waals surface area contributed by atoms with Gasteiger partial charge >= 0.3 is 169 Å². The van der Waals surface area contributed by atoms with Crippen molar-refractivity contribution in [3.8, 4) is 17.1 Å². The number of esters is 1. The van der Waals surface area contributed by atoms with Crippen molar-refractivity contribution in [2.75, 3.05) is 12.4 Å². The van der Waals surface area contributed by atoms with Gasteiger partial charge in [0.2, 0.25) is 0 Å². The first-order valence-electron chi connectivity index (χ1n) is 9.66. The van der Waals surface area contributed by atoms with Gasteiger partial charge in [0.1, 0.15) is 5.60 Å². The summed E-state index contributed by atoms with van der Waals surface area (Å²) in [6.45, 7) is 5.29. The molecule has 0 fully saturated rings. The number of carbonyl (C=O) groups excluding carboxylic acids is 2. The summed E-state index contributed by atoms with van der Waals surface area (Å²) in [7, 11) is 1.49. The third-order valence-electron chi connectivity index (χ3n) is 4.07. The van der Waals surface area contributed by atoms with Gasteiger partial charge in [-0.15, -0.1) is 0 Å². The van der Waals surface area contributed by atoms with Gasteiger partial charge in [0.05, 0.1) is 0 Å². The number of hydrogen-bond acceptors (Lipinski definition) is 10. The van der Waals surface area contributed by atoms with E-state index >= 15 is 0 Å². The van der Waals surface area contributed by atoms with Crippen LogP contribution in [0.1, 0.15) is 31.3 Å². The first kappa shape index (κ1) is 24.5. The molecule has 2 aromatic heterocycles. The molecule has 0 saturated carbocycles. The Balaban J connectivity index is 1.91. The molecule has 0 unspecified atom stereocenters. The van der Waals surface area contributed by atoms with Crippen molar-refractivity contribution >= 4 is 34.9 Å². The van der Waals surface area contributed by atoms with E-state index in [1.165, 1.54) is 24.2 Å². The molecule has 1 N–H and O–H groups in total. The van der Waals surface area contributed by atoms with Crippen molar-refractivity contribution in [1.82, 2.24) is 25.0 Å². The molecule has 0 saturated heterocycles. The normalized spacial score (nSPS) is 11.1. The minimum absolute atomic E-state index is 0.0159. The Labute approximate surface area is 204 Å². The molecule has 0 radical (unpaired) electrons. The zero-order chi connectivity index (χ0) is 24.2. The zero-order valence-corrected chi connectivity index (χ0v) is 22.2. The van der Waals surface area contributed by atoms with Crippen LogP contribution >= 0.6 is 11.6 Å². The third kappa shape index (κ3) is 6.23. The Morgan fingerprint density at radius 1 is 1.21 bits per heavy atom. The van der Waals surface area contributed by atoms with E-state index in [0.717, 1.165) is 0 Å². The van der Waals surface area contributed by atoms with Crippen LogP contribution in [-0.4, -0.2) is 49.6 Å². The van der Waals surface area contributed by atoms with Gasteiger partial charge < -0.3 is 4.74 Å². The summed E-state index contributed by atoms with van der Waals surface area (Å²) in [6, 6.07) is 6.72. The predicted octanol–water partition coefficient (Wildman–Crippen LogP) is 3.10. The molecule has 0 spiro atoms. The molecule has 0 aliphatic rings. The summed E-state index contributed by atoms with van der Waals surface area (Å²) in [5.74, 6) is -0.311. The number of nitrogens with one attached hydrogen (secondary N) is 1. The molecule has 33 heavy (non-hydrogen) atoms. The molecule has 0 bridgehead atoms. The van der Waals surface area contributed by atoms with E-state index in [-0.39, 0.29) is 17.4 Å². The molecule has 3 aromatic rings. The number of rotatable bonds is 7. The Morgan fingerprint density at radius 2 is 1.97 bits per heavy atom. The Hall–Kier alpha value is -3.11. The fourth-order valence-electron chi connectivity index (χ4n) is 2.86. The van der Waals surface area contributed by atoms with Crippen molar-refractivity contribution in [3.05, 3.63) is 41.4 Å². The van der Waals surface area contributed by atoms with Crippen LogP contribution in [0, 0.1) is 0 Å². The maximum atomic E-state index is 12.1. The summed E-state index contributed by atoms with van der Waals surface area (Å²) in [5, 5.41) is 15.1. The molecule has 0 atom stereocenters. The number of aromatic nitrogens is 5. The van der Waals surface area contributed by atoms with Crippen LogP contribution in [0.4, 0.5) is 11.4 Å². The molecule has 169 valence electrons. The number of halogens is 1. The van der Waals surface area contributed by atoms with Crippen molar-refractivity contribution < 1.29 is 41.3 Å². The van der Waals surface area contributed by atoms with Crippen LogP contribution in [0.25, 0.3) is 11.4 Å².